The van der Waals surface area contributed by atoms with E-state index in [4.69, 9.17) is 9.15 Å². The predicted molar refractivity (Wildman–Crippen MR) is 104 cm³/mol. The maximum absolute atomic E-state index is 11.8. The van der Waals surface area contributed by atoms with Crippen molar-refractivity contribution in [2.75, 3.05) is 5.32 Å². The van der Waals surface area contributed by atoms with Gasteiger partial charge in [-0.1, -0.05) is 0 Å². The highest BCUT2D eigenvalue weighted by Gasteiger charge is 2.30. The third-order valence-electron chi connectivity index (χ3n) is 4.80. The molecule has 0 bridgehead atoms. The molecule has 4 N–H and O–H groups in total. The number of ether oxygens (including phenoxy) is 1. The van der Waals surface area contributed by atoms with Gasteiger partial charge in [0, 0.05) is 35.5 Å². The minimum absolute atomic E-state index is 0.0597. The number of amides is 1. The monoisotopic (exact) mass is 385 g/mol. The number of fused-ring (bicyclic) bond motifs is 1. The van der Waals surface area contributed by atoms with Crippen molar-refractivity contribution in [2.24, 2.45) is 0 Å². The zero-order chi connectivity index (χ0) is 19.7. The summed E-state index contributed by atoms with van der Waals surface area (Å²) in [6.07, 6.45) is 2.10. The van der Waals surface area contributed by atoms with E-state index < -0.39 is 5.76 Å². The van der Waals surface area contributed by atoms with Crippen LogP contribution in [0.5, 0.6) is 0 Å². The Morgan fingerprint density at radius 2 is 2.18 bits per heavy atom. The van der Waals surface area contributed by atoms with Crippen LogP contribution in [-0.4, -0.2) is 33.4 Å². The van der Waals surface area contributed by atoms with Crippen molar-refractivity contribution in [3.8, 4) is 0 Å². The molecule has 2 aromatic heterocycles. The van der Waals surface area contributed by atoms with Crippen molar-refractivity contribution in [2.45, 2.75) is 51.2 Å². The van der Waals surface area contributed by atoms with Crippen LogP contribution in [0.4, 0.5) is 16.3 Å². The van der Waals surface area contributed by atoms with Gasteiger partial charge in [0.1, 0.15) is 6.10 Å². The minimum atomic E-state index is -0.478. The molecule has 3 aromatic rings. The SMILES string of the molecule is CC(C)NC(=O)O[C@@H]1CC[C@H](c2cc(Nc3ccc4[nH]c(=O)oc4c3)n[nH]2)C1. The molecule has 0 unspecified atom stereocenters. The number of rotatable bonds is 5. The summed E-state index contributed by atoms with van der Waals surface area (Å²) in [5.74, 6) is 0.466. The van der Waals surface area contributed by atoms with Crippen LogP contribution >= 0.6 is 0 Å². The number of H-pyrrole nitrogens is 2. The van der Waals surface area contributed by atoms with Crippen LogP contribution in [0.3, 0.4) is 0 Å². The molecule has 9 heteroatoms. The number of aromatic amines is 2. The first-order valence-corrected chi connectivity index (χ1v) is 9.38. The first-order chi connectivity index (χ1) is 13.5. The first kappa shape index (κ1) is 18.1. The molecule has 1 aliphatic carbocycles. The van der Waals surface area contributed by atoms with Crippen LogP contribution in [0, 0.1) is 0 Å². The smallest absolute Gasteiger partial charge is 0.417 e. The highest BCUT2D eigenvalue weighted by Crippen LogP contribution is 2.36. The first-order valence-electron chi connectivity index (χ1n) is 9.38. The Kier molecular flexibility index (Phi) is 4.81. The molecule has 1 aliphatic rings. The molecule has 28 heavy (non-hydrogen) atoms. The van der Waals surface area contributed by atoms with E-state index in [1.54, 1.807) is 12.1 Å². The molecule has 1 fully saturated rings. The number of nitrogens with zero attached hydrogens (tertiary/aromatic N) is 1. The molecule has 0 spiro atoms. The van der Waals surface area contributed by atoms with Gasteiger partial charge in [-0.25, -0.2) is 9.59 Å². The second kappa shape index (κ2) is 7.41. The van der Waals surface area contributed by atoms with E-state index in [-0.39, 0.29) is 24.2 Å². The van der Waals surface area contributed by atoms with Gasteiger partial charge in [0.2, 0.25) is 0 Å². The van der Waals surface area contributed by atoms with Gasteiger partial charge in [0.05, 0.1) is 5.52 Å². The summed E-state index contributed by atoms with van der Waals surface area (Å²) >= 11 is 0. The number of anilines is 2. The van der Waals surface area contributed by atoms with Crippen LogP contribution in [0.2, 0.25) is 0 Å². The van der Waals surface area contributed by atoms with Gasteiger partial charge in [-0.3, -0.25) is 10.1 Å². The zero-order valence-electron chi connectivity index (χ0n) is 15.7. The summed E-state index contributed by atoms with van der Waals surface area (Å²) < 4.78 is 10.6. The molecular formula is C19H23N5O4. The normalized spacial score (nSPS) is 19.2. The lowest BCUT2D eigenvalue weighted by atomic mass is 10.0. The Morgan fingerprint density at radius 1 is 1.32 bits per heavy atom. The lowest BCUT2D eigenvalue weighted by Crippen LogP contribution is -2.33. The molecule has 2 heterocycles. The molecule has 4 rings (SSSR count). The highest BCUT2D eigenvalue weighted by molar-refractivity contribution is 5.78. The van der Waals surface area contributed by atoms with Crippen molar-refractivity contribution in [1.29, 1.82) is 0 Å². The van der Waals surface area contributed by atoms with Crippen LogP contribution in [0.25, 0.3) is 11.1 Å². The maximum atomic E-state index is 11.8. The van der Waals surface area contributed by atoms with Crippen molar-refractivity contribution >= 4 is 28.7 Å². The van der Waals surface area contributed by atoms with Crippen LogP contribution in [0.15, 0.2) is 33.5 Å². The second-order valence-corrected chi connectivity index (χ2v) is 7.40. The molecule has 2 atom stereocenters. The van der Waals surface area contributed by atoms with Crippen molar-refractivity contribution < 1.29 is 13.9 Å². The predicted octanol–water partition coefficient (Wildman–Crippen LogP) is 3.36. The molecule has 1 aromatic carbocycles. The number of nitrogens with one attached hydrogen (secondary N) is 4. The summed E-state index contributed by atoms with van der Waals surface area (Å²) in [6, 6.07) is 7.38. The molecule has 148 valence electrons. The van der Waals surface area contributed by atoms with E-state index in [1.807, 2.05) is 26.0 Å². The fourth-order valence-electron chi connectivity index (χ4n) is 3.53. The molecule has 0 radical (unpaired) electrons. The van der Waals surface area contributed by atoms with E-state index in [1.165, 1.54) is 0 Å². The Bertz CT molecular complexity index is 1030. The summed E-state index contributed by atoms with van der Waals surface area (Å²) in [5, 5.41) is 13.3. The zero-order valence-corrected chi connectivity index (χ0v) is 15.7. The Morgan fingerprint density at radius 3 is 3.00 bits per heavy atom. The van der Waals surface area contributed by atoms with Crippen LogP contribution in [0.1, 0.15) is 44.7 Å². The van der Waals surface area contributed by atoms with Gasteiger partial charge in [0.15, 0.2) is 11.4 Å². The Labute approximate surface area is 160 Å². The second-order valence-electron chi connectivity index (χ2n) is 7.40. The van der Waals surface area contributed by atoms with E-state index in [0.717, 1.165) is 30.6 Å². The summed E-state index contributed by atoms with van der Waals surface area (Å²) in [4.78, 5) is 25.6. The fraction of sp³-hybridized carbons (Fsp3) is 0.421. The van der Waals surface area contributed by atoms with Gasteiger partial charge in [0.25, 0.3) is 0 Å². The van der Waals surface area contributed by atoms with Gasteiger partial charge in [-0.2, -0.15) is 5.10 Å². The summed E-state index contributed by atoms with van der Waals surface area (Å²) in [5.41, 5.74) is 2.91. The molecule has 0 aliphatic heterocycles. The number of carbonyl (C=O) groups excluding carboxylic acids is 1. The minimum Gasteiger partial charge on any atom is -0.446 e. The maximum Gasteiger partial charge on any atom is 0.417 e. The van der Waals surface area contributed by atoms with E-state index in [0.29, 0.717) is 16.9 Å². The molecule has 1 amide bonds. The van der Waals surface area contributed by atoms with Crippen LogP contribution in [-0.2, 0) is 4.74 Å². The fourth-order valence-corrected chi connectivity index (χ4v) is 3.53. The van der Waals surface area contributed by atoms with Gasteiger partial charge in [-0.15, -0.1) is 0 Å². The largest absolute Gasteiger partial charge is 0.446 e. The molecular weight excluding hydrogens is 362 g/mol. The van der Waals surface area contributed by atoms with E-state index in [2.05, 4.69) is 25.8 Å². The third kappa shape index (κ3) is 4.03. The average Bonchev–Trinajstić information content (AvgIpc) is 3.32. The number of aromatic nitrogens is 3. The van der Waals surface area contributed by atoms with E-state index in [9.17, 15) is 9.59 Å². The number of alkyl carbamates (subject to hydrolysis) is 1. The topological polar surface area (TPSA) is 125 Å². The summed E-state index contributed by atoms with van der Waals surface area (Å²) in [6.45, 7) is 3.80. The molecule has 1 saturated carbocycles. The number of hydrogen-bond acceptors (Lipinski definition) is 6. The number of benzene rings is 1. The Hall–Kier alpha value is -3.23. The molecule has 9 nitrogen and oxygen atoms in total. The van der Waals surface area contributed by atoms with Crippen molar-refractivity contribution in [1.82, 2.24) is 20.5 Å². The van der Waals surface area contributed by atoms with Crippen molar-refractivity contribution in [3.63, 3.8) is 0 Å². The third-order valence-corrected chi connectivity index (χ3v) is 4.80. The highest BCUT2D eigenvalue weighted by atomic mass is 16.6. The van der Waals surface area contributed by atoms with Gasteiger partial charge in [-0.05, 0) is 45.2 Å². The van der Waals surface area contributed by atoms with Gasteiger partial charge >= 0.3 is 11.8 Å². The standard InChI is InChI=1S/C19H23N5O4/c1-10(2)20-18(25)27-13-5-3-11(7-13)15-9-17(24-23-15)21-12-4-6-14-16(8-12)28-19(26)22-14/h4,6,8-11,13H,3,5,7H2,1-2H3,(H,20,25)(H,22,26)(H2,21,23,24)/t11-,13+/m0/s1. The average molecular weight is 385 g/mol. The summed E-state index contributed by atoms with van der Waals surface area (Å²) in [7, 11) is 0. The quantitative estimate of drug-likeness (QED) is 0.534. The number of oxazole rings is 1. The Balaban J connectivity index is 1.37. The van der Waals surface area contributed by atoms with Crippen molar-refractivity contribution in [3.05, 3.63) is 40.5 Å². The number of hydrogen-bond donors (Lipinski definition) is 4. The lowest BCUT2D eigenvalue weighted by Gasteiger charge is -2.14. The number of carbonyl (C=O) groups is 1. The van der Waals surface area contributed by atoms with Crippen LogP contribution < -0.4 is 16.4 Å². The molecule has 0 saturated heterocycles. The van der Waals surface area contributed by atoms with Gasteiger partial charge < -0.3 is 19.8 Å². The van der Waals surface area contributed by atoms with E-state index >= 15 is 0 Å². The lowest BCUT2D eigenvalue weighted by molar-refractivity contribution is 0.0981.